The maximum atomic E-state index is 13.6. The number of aromatic nitrogens is 4. The number of carboxylic acid groups (broad SMARTS) is 1. The van der Waals surface area contributed by atoms with E-state index in [2.05, 4.69) is 32.9 Å². The van der Waals surface area contributed by atoms with E-state index in [1.807, 2.05) is 72.8 Å². The number of nitrogens with zero attached hydrogens (tertiary/aromatic N) is 4. The largest absolute Gasteiger partial charge is 0.479 e. The van der Waals surface area contributed by atoms with Gasteiger partial charge in [0.25, 0.3) is 0 Å². The summed E-state index contributed by atoms with van der Waals surface area (Å²) >= 11 is 0. The Morgan fingerprint density at radius 1 is 0.925 bits per heavy atom. The van der Waals surface area contributed by atoms with Crippen molar-refractivity contribution in [1.29, 1.82) is 0 Å². The van der Waals surface area contributed by atoms with Crippen molar-refractivity contribution in [3.05, 3.63) is 89.5 Å². The average Bonchev–Trinajstić information content (AvgIpc) is 3.64. The van der Waals surface area contributed by atoms with Gasteiger partial charge < -0.3 is 15.3 Å². The minimum Gasteiger partial charge on any atom is -0.479 e. The number of amides is 2. The van der Waals surface area contributed by atoms with Crippen LogP contribution in [0.3, 0.4) is 0 Å². The van der Waals surface area contributed by atoms with E-state index in [0.29, 0.717) is 18.9 Å². The van der Waals surface area contributed by atoms with Crippen LogP contribution in [0.1, 0.15) is 49.3 Å². The van der Waals surface area contributed by atoms with Crippen LogP contribution in [-0.2, 0) is 24.2 Å². The molecule has 0 unspecified atom stereocenters. The van der Waals surface area contributed by atoms with Gasteiger partial charge in [0.05, 0.1) is 0 Å². The summed E-state index contributed by atoms with van der Waals surface area (Å²) in [5, 5.41) is 27.5. The monoisotopic (exact) mass is 538 g/mol. The highest BCUT2D eigenvalue weighted by Gasteiger charge is 2.46. The zero-order valence-electron chi connectivity index (χ0n) is 22.6. The molecule has 206 valence electrons. The third kappa shape index (κ3) is 5.88. The van der Waals surface area contributed by atoms with Crippen LogP contribution >= 0.6 is 0 Å². The van der Waals surface area contributed by atoms with Gasteiger partial charge in [0.15, 0.2) is 0 Å². The Balaban J connectivity index is 1.34. The van der Waals surface area contributed by atoms with E-state index in [1.165, 1.54) is 0 Å². The van der Waals surface area contributed by atoms with Crippen LogP contribution in [0.15, 0.2) is 72.8 Å². The van der Waals surface area contributed by atoms with Gasteiger partial charge in [-0.3, -0.25) is 0 Å². The first-order valence-corrected chi connectivity index (χ1v) is 13.8. The molecule has 0 atom stereocenters. The van der Waals surface area contributed by atoms with Crippen molar-refractivity contribution >= 4 is 12.0 Å². The summed E-state index contributed by atoms with van der Waals surface area (Å²) in [7, 11) is 0. The number of rotatable bonds is 11. The molecule has 1 aromatic heterocycles. The normalized spacial score (nSPS) is 13.5. The molecule has 2 amide bonds. The second kappa shape index (κ2) is 12.1. The molecular weight excluding hydrogens is 504 g/mol. The van der Waals surface area contributed by atoms with Crippen LogP contribution in [0.2, 0.25) is 0 Å². The lowest BCUT2D eigenvalue weighted by Crippen LogP contribution is -2.58. The van der Waals surface area contributed by atoms with E-state index in [0.717, 1.165) is 59.1 Å². The number of fused-ring (bicyclic) bond motifs is 1. The molecule has 9 heteroatoms. The van der Waals surface area contributed by atoms with Crippen molar-refractivity contribution in [3.63, 3.8) is 0 Å². The van der Waals surface area contributed by atoms with Crippen molar-refractivity contribution in [2.24, 2.45) is 0 Å². The third-order valence-electron chi connectivity index (χ3n) is 7.58. The van der Waals surface area contributed by atoms with Gasteiger partial charge in [-0.1, -0.05) is 99.0 Å². The number of nitrogens with one attached hydrogen (secondary N) is 2. The summed E-state index contributed by atoms with van der Waals surface area (Å²) in [5.74, 6) is -0.483. The number of unbranched alkanes of at least 4 members (excludes halogenated alkanes) is 3. The number of aliphatic carboxylic acids is 1. The number of carboxylic acids is 1. The van der Waals surface area contributed by atoms with Crippen molar-refractivity contribution < 1.29 is 14.7 Å². The second-order valence-corrected chi connectivity index (χ2v) is 10.4. The second-order valence-electron chi connectivity index (χ2n) is 10.4. The van der Waals surface area contributed by atoms with E-state index >= 15 is 0 Å². The number of carbonyl (C=O) groups excluding carboxylic acids is 1. The number of carbonyl (C=O) groups is 2. The van der Waals surface area contributed by atoms with E-state index in [9.17, 15) is 14.7 Å². The van der Waals surface area contributed by atoms with Gasteiger partial charge in [0.1, 0.15) is 5.54 Å². The predicted octanol–water partition coefficient (Wildman–Crippen LogP) is 5.25. The summed E-state index contributed by atoms with van der Waals surface area (Å²) in [4.78, 5) is 27.8. The summed E-state index contributed by atoms with van der Waals surface area (Å²) in [6, 6.07) is 23.3. The molecule has 0 fully saturated rings. The van der Waals surface area contributed by atoms with Crippen LogP contribution < -0.4 is 5.32 Å². The fraction of sp³-hybridized carbons (Fsp3) is 0.323. The van der Waals surface area contributed by atoms with Crippen molar-refractivity contribution in [1.82, 2.24) is 30.8 Å². The predicted molar refractivity (Wildman–Crippen MR) is 152 cm³/mol. The molecule has 1 aliphatic carbocycles. The molecule has 0 saturated heterocycles. The lowest BCUT2D eigenvalue weighted by Gasteiger charge is -2.31. The van der Waals surface area contributed by atoms with Gasteiger partial charge in [0, 0.05) is 31.5 Å². The van der Waals surface area contributed by atoms with E-state index in [1.54, 1.807) is 4.90 Å². The molecule has 3 aromatic carbocycles. The minimum absolute atomic E-state index is 0.280. The van der Waals surface area contributed by atoms with Crippen LogP contribution in [0, 0.1) is 0 Å². The smallest absolute Gasteiger partial charge is 0.330 e. The average molecular weight is 539 g/mol. The molecular formula is C31H34N6O3. The molecule has 4 aromatic rings. The fourth-order valence-electron chi connectivity index (χ4n) is 5.39. The zero-order chi connectivity index (χ0) is 28.0. The Bertz CT molecular complexity index is 1430. The first kappa shape index (κ1) is 27.1. The molecule has 0 saturated carbocycles. The number of hydrogen-bond donors (Lipinski definition) is 3. The van der Waals surface area contributed by atoms with E-state index in [-0.39, 0.29) is 18.9 Å². The van der Waals surface area contributed by atoms with Crippen LogP contribution in [0.4, 0.5) is 4.79 Å². The van der Waals surface area contributed by atoms with E-state index in [4.69, 9.17) is 0 Å². The number of H-pyrrole nitrogens is 1. The minimum atomic E-state index is -1.34. The van der Waals surface area contributed by atoms with Crippen molar-refractivity contribution in [3.8, 4) is 22.5 Å². The highest BCUT2D eigenvalue weighted by Crippen LogP contribution is 2.32. The highest BCUT2D eigenvalue weighted by molar-refractivity contribution is 5.88. The van der Waals surface area contributed by atoms with Gasteiger partial charge in [-0.2, -0.15) is 5.21 Å². The zero-order valence-corrected chi connectivity index (χ0v) is 22.6. The van der Waals surface area contributed by atoms with Gasteiger partial charge in [-0.25, -0.2) is 9.59 Å². The summed E-state index contributed by atoms with van der Waals surface area (Å²) < 4.78 is 0. The number of hydrogen-bond acceptors (Lipinski definition) is 5. The molecule has 0 bridgehead atoms. The molecule has 0 spiro atoms. The maximum absolute atomic E-state index is 13.6. The topological polar surface area (TPSA) is 124 Å². The summed E-state index contributed by atoms with van der Waals surface area (Å²) in [6.07, 6.45) is 4.63. The van der Waals surface area contributed by atoms with Crippen LogP contribution in [0.5, 0.6) is 0 Å². The number of benzene rings is 3. The van der Waals surface area contributed by atoms with E-state index < -0.39 is 11.5 Å². The van der Waals surface area contributed by atoms with Crippen LogP contribution in [-0.4, -0.2) is 54.7 Å². The molecule has 9 nitrogen and oxygen atoms in total. The van der Waals surface area contributed by atoms with Crippen molar-refractivity contribution in [2.75, 3.05) is 6.54 Å². The van der Waals surface area contributed by atoms with Crippen LogP contribution in [0.25, 0.3) is 22.5 Å². The molecule has 0 radical (unpaired) electrons. The SMILES string of the molecule is CCCCCCN(Cc1ccc(-c2ccccc2-c2nn[nH]n2)cc1)C(=O)NC1(C(=O)O)Cc2ccccc2C1. The number of tetrazole rings is 1. The molecule has 0 aliphatic heterocycles. The Kier molecular flexibility index (Phi) is 8.19. The maximum Gasteiger partial charge on any atom is 0.330 e. The lowest BCUT2D eigenvalue weighted by molar-refractivity contribution is -0.144. The lowest BCUT2D eigenvalue weighted by atomic mass is 9.96. The summed E-state index contributed by atoms with van der Waals surface area (Å²) in [6.45, 7) is 3.08. The summed E-state index contributed by atoms with van der Waals surface area (Å²) in [5.41, 5.74) is 4.41. The standard InChI is InChI=1S/C31H34N6O3/c1-2-3-4-9-18-37(30(40)32-31(29(38)39)19-24-10-5-6-11-25(24)20-31)21-22-14-16-23(17-15-22)26-12-7-8-13-27(26)28-33-35-36-34-28/h5-8,10-17H,2-4,9,18-21H2,1H3,(H,32,40)(H,38,39)(H,33,34,35,36). The molecule has 5 rings (SSSR count). The highest BCUT2D eigenvalue weighted by atomic mass is 16.4. The van der Waals surface area contributed by atoms with Crippen molar-refractivity contribution in [2.45, 2.75) is 57.5 Å². The molecule has 40 heavy (non-hydrogen) atoms. The fourth-order valence-corrected chi connectivity index (χ4v) is 5.39. The third-order valence-corrected chi connectivity index (χ3v) is 7.58. The molecule has 3 N–H and O–H groups in total. The van der Waals surface area contributed by atoms with Gasteiger partial charge in [0.2, 0.25) is 5.82 Å². The molecule has 1 heterocycles. The first-order valence-electron chi connectivity index (χ1n) is 13.8. The van der Waals surface area contributed by atoms with Gasteiger partial charge in [-0.05, 0) is 39.5 Å². The Hall–Kier alpha value is -4.53. The Labute approximate surface area is 233 Å². The molecule has 1 aliphatic rings. The Morgan fingerprint density at radius 2 is 1.60 bits per heavy atom. The van der Waals surface area contributed by atoms with Gasteiger partial charge in [-0.15, -0.1) is 10.2 Å². The Morgan fingerprint density at radius 3 is 2.23 bits per heavy atom. The van der Waals surface area contributed by atoms with Gasteiger partial charge >= 0.3 is 12.0 Å². The first-order chi connectivity index (χ1) is 19.5. The quantitative estimate of drug-likeness (QED) is 0.224. The number of aromatic amines is 1. The number of urea groups is 1.